The van der Waals surface area contributed by atoms with E-state index in [1.165, 1.54) is 12.8 Å². The van der Waals surface area contributed by atoms with Crippen LogP contribution >= 0.6 is 0 Å². The fourth-order valence-corrected chi connectivity index (χ4v) is 3.59. The fourth-order valence-electron chi connectivity index (χ4n) is 3.59. The van der Waals surface area contributed by atoms with Gasteiger partial charge in [-0.05, 0) is 44.5 Å². The number of likely N-dealkylation sites (N-methyl/N-ethyl adjacent to an activating group) is 1. The van der Waals surface area contributed by atoms with Crippen LogP contribution in [0.2, 0.25) is 0 Å². The predicted octanol–water partition coefficient (Wildman–Crippen LogP) is 2.08. The van der Waals surface area contributed by atoms with Gasteiger partial charge in [-0.2, -0.15) is 0 Å². The molecular formula is C16H27N3O. The highest BCUT2D eigenvalue weighted by molar-refractivity contribution is 5.39. The molecule has 3 atom stereocenters. The molecular weight excluding hydrogens is 250 g/mol. The van der Waals surface area contributed by atoms with Crippen molar-refractivity contribution in [1.29, 1.82) is 0 Å². The number of hydrogen-bond acceptors (Lipinski definition) is 4. The number of nitrogens with zero attached hydrogens (tertiary/aromatic N) is 2. The third-order valence-corrected chi connectivity index (χ3v) is 4.86. The molecule has 3 N–H and O–H groups in total. The second-order valence-electron chi connectivity index (χ2n) is 6.47. The Kier molecular flexibility index (Phi) is 4.66. The van der Waals surface area contributed by atoms with Crippen LogP contribution in [0.25, 0.3) is 0 Å². The minimum absolute atomic E-state index is 0.139. The topological polar surface area (TPSA) is 62.4 Å². The van der Waals surface area contributed by atoms with Crippen molar-refractivity contribution in [1.82, 2.24) is 9.88 Å². The minimum atomic E-state index is -0.410. The second-order valence-corrected chi connectivity index (χ2v) is 6.47. The Hall–Kier alpha value is -1.13. The number of rotatable bonds is 4. The van der Waals surface area contributed by atoms with Gasteiger partial charge in [-0.3, -0.25) is 0 Å². The lowest BCUT2D eigenvalue weighted by molar-refractivity contribution is -0.0424. The first-order valence-corrected chi connectivity index (χ1v) is 7.50. The van der Waals surface area contributed by atoms with E-state index in [0.717, 1.165) is 18.4 Å². The predicted molar refractivity (Wildman–Crippen MR) is 82.4 cm³/mol. The summed E-state index contributed by atoms with van der Waals surface area (Å²) in [6.07, 6.45) is 6.38. The first-order chi connectivity index (χ1) is 9.45. The molecule has 4 nitrogen and oxygen atoms in total. The van der Waals surface area contributed by atoms with Gasteiger partial charge >= 0.3 is 0 Å². The van der Waals surface area contributed by atoms with Gasteiger partial charge in [-0.1, -0.05) is 25.8 Å². The highest BCUT2D eigenvalue weighted by Crippen LogP contribution is 2.39. The van der Waals surface area contributed by atoms with Crippen molar-refractivity contribution in [3.63, 3.8) is 0 Å². The van der Waals surface area contributed by atoms with Gasteiger partial charge in [-0.15, -0.1) is 0 Å². The lowest BCUT2D eigenvalue weighted by Gasteiger charge is -2.48. The van der Waals surface area contributed by atoms with Gasteiger partial charge in [0.25, 0.3) is 0 Å². The molecule has 4 heteroatoms. The van der Waals surface area contributed by atoms with Crippen molar-refractivity contribution in [3.05, 3.63) is 23.9 Å². The molecule has 112 valence electrons. The summed E-state index contributed by atoms with van der Waals surface area (Å²) < 4.78 is 0. The maximum Gasteiger partial charge on any atom is 0.126 e. The zero-order valence-corrected chi connectivity index (χ0v) is 12.8. The Balaban J connectivity index is 2.19. The smallest absolute Gasteiger partial charge is 0.126 e. The van der Waals surface area contributed by atoms with E-state index in [1.54, 1.807) is 6.20 Å². The van der Waals surface area contributed by atoms with Crippen LogP contribution in [0.4, 0.5) is 5.82 Å². The molecule has 1 aliphatic carbocycles. The van der Waals surface area contributed by atoms with Gasteiger partial charge in [0.05, 0.1) is 6.10 Å². The quantitative estimate of drug-likeness (QED) is 0.884. The standard InChI is InChI=1S/C16H27N3O/c1-12-6-4-8-16(11-12,19(2)3)14(20)10-13-7-5-9-18-15(13)17/h5,7,9,12,14,20H,4,6,8,10-11H2,1-3H3,(H2,17,18). The Bertz CT molecular complexity index is 449. The molecule has 1 aliphatic rings. The Morgan fingerprint density at radius 1 is 1.55 bits per heavy atom. The van der Waals surface area contributed by atoms with Crippen molar-refractivity contribution in [2.24, 2.45) is 5.92 Å². The molecule has 1 aromatic rings. The van der Waals surface area contributed by atoms with Crippen LogP contribution in [0.15, 0.2) is 18.3 Å². The van der Waals surface area contributed by atoms with Crippen molar-refractivity contribution in [3.8, 4) is 0 Å². The Morgan fingerprint density at radius 3 is 2.90 bits per heavy atom. The zero-order chi connectivity index (χ0) is 14.8. The van der Waals surface area contributed by atoms with Gasteiger partial charge in [0.1, 0.15) is 5.82 Å². The zero-order valence-electron chi connectivity index (χ0n) is 12.8. The van der Waals surface area contributed by atoms with Gasteiger partial charge in [-0.25, -0.2) is 4.98 Å². The van der Waals surface area contributed by atoms with Crippen LogP contribution in [0.5, 0.6) is 0 Å². The lowest BCUT2D eigenvalue weighted by atomic mass is 9.71. The number of nitrogen functional groups attached to an aromatic ring is 1. The van der Waals surface area contributed by atoms with Gasteiger partial charge < -0.3 is 15.7 Å². The molecule has 0 saturated heterocycles. The number of aliphatic hydroxyl groups is 1. The van der Waals surface area contributed by atoms with Crippen LogP contribution in [-0.2, 0) is 6.42 Å². The lowest BCUT2D eigenvalue weighted by Crippen LogP contribution is -2.56. The molecule has 0 spiro atoms. The molecule has 2 rings (SSSR count). The number of aromatic nitrogens is 1. The van der Waals surface area contributed by atoms with E-state index in [-0.39, 0.29) is 5.54 Å². The summed E-state index contributed by atoms with van der Waals surface area (Å²) >= 11 is 0. The molecule has 0 bridgehead atoms. The summed E-state index contributed by atoms with van der Waals surface area (Å²) in [5.41, 5.74) is 6.71. The maximum atomic E-state index is 10.9. The summed E-state index contributed by atoms with van der Waals surface area (Å²) in [4.78, 5) is 6.32. The molecule has 1 saturated carbocycles. The van der Waals surface area contributed by atoms with Gasteiger partial charge in [0.2, 0.25) is 0 Å². The van der Waals surface area contributed by atoms with Crippen LogP contribution in [0, 0.1) is 5.92 Å². The molecule has 20 heavy (non-hydrogen) atoms. The summed E-state index contributed by atoms with van der Waals surface area (Å²) in [7, 11) is 4.15. The average molecular weight is 277 g/mol. The number of nitrogens with two attached hydrogens (primary N) is 1. The van der Waals surface area contributed by atoms with Crippen molar-refractivity contribution >= 4 is 5.82 Å². The monoisotopic (exact) mass is 277 g/mol. The normalized spacial score (nSPS) is 28.6. The van der Waals surface area contributed by atoms with E-state index in [2.05, 4.69) is 30.9 Å². The number of aliphatic hydroxyl groups excluding tert-OH is 1. The van der Waals surface area contributed by atoms with Crippen LogP contribution in [0.3, 0.4) is 0 Å². The minimum Gasteiger partial charge on any atom is -0.391 e. The van der Waals surface area contributed by atoms with E-state index >= 15 is 0 Å². The maximum absolute atomic E-state index is 10.9. The largest absolute Gasteiger partial charge is 0.391 e. The summed E-state index contributed by atoms with van der Waals surface area (Å²) in [5, 5.41) is 10.9. The second kappa shape index (κ2) is 6.10. The molecule has 1 heterocycles. The molecule has 3 unspecified atom stereocenters. The average Bonchev–Trinajstić information content (AvgIpc) is 2.41. The highest BCUT2D eigenvalue weighted by atomic mass is 16.3. The van der Waals surface area contributed by atoms with Crippen molar-refractivity contribution in [2.75, 3.05) is 19.8 Å². The SMILES string of the molecule is CC1CCCC(C(O)Cc2cccnc2N)(N(C)C)C1. The number of anilines is 1. The summed E-state index contributed by atoms with van der Waals surface area (Å²) in [5.74, 6) is 1.19. The molecule has 1 aromatic heterocycles. The highest BCUT2D eigenvalue weighted by Gasteiger charge is 2.43. The Morgan fingerprint density at radius 2 is 2.30 bits per heavy atom. The van der Waals surface area contributed by atoms with Crippen LogP contribution < -0.4 is 5.73 Å². The van der Waals surface area contributed by atoms with E-state index in [4.69, 9.17) is 5.73 Å². The molecule has 1 fully saturated rings. The van der Waals surface area contributed by atoms with Gasteiger partial charge in [0.15, 0.2) is 0 Å². The van der Waals surface area contributed by atoms with E-state index < -0.39 is 6.10 Å². The third kappa shape index (κ3) is 2.96. The molecule has 0 amide bonds. The van der Waals surface area contributed by atoms with Crippen molar-refractivity contribution < 1.29 is 5.11 Å². The summed E-state index contributed by atoms with van der Waals surface area (Å²) in [6.45, 7) is 2.28. The van der Waals surface area contributed by atoms with Crippen LogP contribution in [-0.4, -0.2) is 40.7 Å². The van der Waals surface area contributed by atoms with Crippen molar-refractivity contribution in [2.45, 2.75) is 50.7 Å². The van der Waals surface area contributed by atoms with Crippen LogP contribution in [0.1, 0.15) is 38.2 Å². The number of pyridine rings is 1. The van der Waals surface area contributed by atoms with Gasteiger partial charge in [0, 0.05) is 18.2 Å². The molecule has 0 aromatic carbocycles. The molecule has 0 radical (unpaired) electrons. The van der Waals surface area contributed by atoms with E-state index in [1.807, 2.05) is 12.1 Å². The first-order valence-electron chi connectivity index (χ1n) is 7.50. The first kappa shape index (κ1) is 15.3. The number of hydrogen-bond donors (Lipinski definition) is 2. The molecule has 0 aliphatic heterocycles. The Labute approximate surface area is 122 Å². The summed E-state index contributed by atoms with van der Waals surface area (Å²) in [6, 6.07) is 3.84. The van der Waals surface area contributed by atoms with E-state index in [0.29, 0.717) is 18.2 Å². The third-order valence-electron chi connectivity index (χ3n) is 4.86. The van der Waals surface area contributed by atoms with E-state index in [9.17, 15) is 5.11 Å². The fraction of sp³-hybridized carbons (Fsp3) is 0.688.